The molecule has 0 saturated heterocycles. The lowest BCUT2D eigenvalue weighted by Crippen LogP contribution is -2.31. The number of nitrogens with two attached hydrogens (primary N) is 1. The number of pyridine rings is 2. The zero-order valence-corrected chi connectivity index (χ0v) is 14.0. The van der Waals surface area contributed by atoms with Crippen LogP contribution in [0.15, 0.2) is 24.7 Å². The number of ether oxygens (including phenoxy) is 1. The van der Waals surface area contributed by atoms with Crippen molar-refractivity contribution in [3.05, 3.63) is 41.2 Å². The monoisotopic (exact) mass is 360 g/mol. The van der Waals surface area contributed by atoms with Gasteiger partial charge in [-0.05, 0) is 13.0 Å². The molecule has 4 rings (SSSR count). The van der Waals surface area contributed by atoms with Crippen LogP contribution in [-0.2, 0) is 0 Å². The van der Waals surface area contributed by atoms with E-state index in [0.717, 1.165) is 5.56 Å². The largest absolute Gasteiger partial charge is 0.475 e. The number of halogens is 2. The van der Waals surface area contributed by atoms with Crippen LogP contribution in [0.2, 0.25) is 5.15 Å². The summed E-state index contributed by atoms with van der Waals surface area (Å²) in [5, 5.41) is 0.126. The maximum atomic E-state index is 14.4. The summed E-state index contributed by atoms with van der Waals surface area (Å²) < 4.78 is 20.0. The standard InChI is InChI=1S/C16H14ClFN6O/c1-8(9-3-2-4-20-14(9)19)24-5-6-25-16-10-12(11(18)13(17)23-16)21-7-22-15(10)24/h2-4,7-8H,5-6H2,1H3,(H2,19,20). The summed E-state index contributed by atoms with van der Waals surface area (Å²) in [6, 6.07) is 3.57. The van der Waals surface area contributed by atoms with Gasteiger partial charge in [0.2, 0.25) is 5.88 Å². The Morgan fingerprint density at radius 3 is 3.00 bits per heavy atom. The molecule has 0 spiro atoms. The fraction of sp³-hybridized carbons (Fsp3) is 0.250. The second-order valence-electron chi connectivity index (χ2n) is 5.64. The third kappa shape index (κ3) is 2.49. The van der Waals surface area contributed by atoms with Gasteiger partial charge in [0.25, 0.3) is 0 Å². The molecule has 0 fully saturated rings. The molecule has 7 nitrogen and oxygen atoms in total. The Kier molecular flexibility index (Phi) is 3.76. The van der Waals surface area contributed by atoms with Gasteiger partial charge in [0.1, 0.15) is 35.5 Å². The highest BCUT2D eigenvalue weighted by Crippen LogP contribution is 2.39. The number of anilines is 2. The number of hydrogen-bond acceptors (Lipinski definition) is 7. The maximum absolute atomic E-state index is 14.4. The minimum Gasteiger partial charge on any atom is -0.475 e. The second kappa shape index (κ2) is 5.96. The van der Waals surface area contributed by atoms with E-state index in [4.69, 9.17) is 22.1 Å². The number of rotatable bonds is 2. The van der Waals surface area contributed by atoms with Crippen LogP contribution in [0.3, 0.4) is 0 Å². The first-order valence-corrected chi connectivity index (χ1v) is 8.05. The van der Waals surface area contributed by atoms with Crippen molar-refractivity contribution in [2.45, 2.75) is 13.0 Å². The molecule has 25 heavy (non-hydrogen) atoms. The topological polar surface area (TPSA) is 90.0 Å². The molecule has 3 aromatic rings. The van der Waals surface area contributed by atoms with Gasteiger partial charge in [0, 0.05) is 11.8 Å². The Balaban J connectivity index is 1.92. The highest BCUT2D eigenvalue weighted by molar-refractivity contribution is 6.30. The van der Waals surface area contributed by atoms with Crippen molar-refractivity contribution < 1.29 is 9.13 Å². The Morgan fingerprint density at radius 2 is 2.20 bits per heavy atom. The molecule has 0 aromatic carbocycles. The first-order chi connectivity index (χ1) is 12.1. The van der Waals surface area contributed by atoms with Gasteiger partial charge in [-0.3, -0.25) is 0 Å². The Bertz CT molecular complexity index is 969. The fourth-order valence-electron chi connectivity index (χ4n) is 3.03. The first-order valence-electron chi connectivity index (χ1n) is 7.67. The molecule has 128 valence electrons. The Morgan fingerprint density at radius 1 is 1.36 bits per heavy atom. The molecule has 1 aliphatic heterocycles. The van der Waals surface area contributed by atoms with Crippen molar-refractivity contribution in [1.82, 2.24) is 19.9 Å². The molecule has 1 aliphatic rings. The van der Waals surface area contributed by atoms with E-state index >= 15 is 0 Å². The van der Waals surface area contributed by atoms with Crippen LogP contribution < -0.4 is 15.4 Å². The summed E-state index contributed by atoms with van der Waals surface area (Å²) in [4.78, 5) is 18.5. The molecule has 2 N–H and O–H groups in total. The van der Waals surface area contributed by atoms with Crippen molar-refractivity contribution in [2.24, 2.45) is 0 Å². The Labute approximate surface area is 147 Å². The van der Waals surface area contributed by atoms with Crippen LogP contribution in [0.5, 0.6) is 5.88 Å². The molecule has 0 radical (unpaired) electrons. The minimum absolute atomic E-state index is 0.0817. The lowest BCUT2D eigenvalue weighted by Gasteiger charge is -2.29. The summed E-state index contributed by atoms with van der Waals surface area (Å²) in [5.41, 5.74) is 6.94. The molecule has 1 unspecified atom stereocenters. The van der Waals surface area contributed by atoms with Gasteiger partial charge in [-0.1, -0.05) is 17.7 Å². The first kappa shape index (κ1) is 15.8. The van der Waals surface area contributed by atoms with Crippen LogP contribution in [0, 0.1) is 5.82 Å². The summed E-state index contributed by atoms with van der Waals surface area (Å²) in [6.07, 6.45) is 2.94. The molecule has 0 bridgehead atoms. The molecule has 1 atom stereocenters. The maximum Gasteiger partial charge on any atom is 0.228 e. The number of nitrogens with zero attached hydrogens (tertiary/aromatic N) is 5. The van der Waals surface area contributed by atoms with Crippen LogP contribution >= 0.6 is 11.6 Å². The molecular formula is C16H14ClFN6O. The van der Waals surface area contributed by atoms with E-state index in [1.807, 2.05) is 24.0 Å². The highest BCUT2D eigenvalue weighted by atomic mass is 35.5. The summed E-state index contributed by atoms with van der Waals surface area (Å²) in [6.45, 7) is 2.83. The zero-order chi connectivity index (χ0) is 17.6. The average molecular weight is 361 g/mol. The van der Waals surface area contributed by atoms with E-state index in [1.165, 1.54) is 6.33 Å². The van der Waals surface area contributed by atoms with Gasteiger partial charge in [-0.25, -0.2) is 19.3 Å². The zero-order valence-electron chi connectivity index (χ0n) is 13.3. The Hall–Kier alpha value is -2.74. The van der Waals surface area contributed by atoms with E-state index in [1.54, 1.807) is 6.20 Å². The second-order valence-corrected chi connectivity index (χ2v) is 6.00. The normalized spacial score (nSPS) is 14.9. The van der Waals surface area contributed by atoms with E-state index in [0.29, 0.717) is 30.2 Å². The quantitative estimate of drug-likeness (QED) is 0.702. The van der Waals surface area contributed by atoms with Gasteiger partial charge in [-0.2, -0.15) is 4.98 Å². The van der Waals surface area contributed by atoms with E-state index in [-0.39, 0.29) is 22.6 Å². The summed E-state index contributed by atoms with van der Waals surface area (Å²) >= 11 is 5.85. The van der Waals surface area contributed by atoms with Crippen molar-refractivity contribution in [1.29, 1.82) is 0 Å². The lowest BCUT2D eigenvalue weighted by atomic mass is 10.1. The van der Waals surface area contributed by atoms with Gasteiger partial charge in [0.05, 0.1) is 12.6 Å². The molecule has 9 heteroatoms. The van der Waals surface area contributed by atoms with Crippen molar-refractivity contribution in [2.75, 3.05) is 23.8 Å². The van der Waals surface area contributed by atoms with Gasteiger partial charge >= 0.3 is 0 Å². The number of hydrogen-bond donors (Lipinski definition) is 1. The van der Waals surface area contributed by atoms with E-state index in [2.05, 4.69) is 19.9 Å². The predicted molar refractivity (Wildman–Crippen MR) is 92.2 cm³/mol. The third-order valence-electron chi connectivity index (χ3n) is 4.26. The SMILES string of the molecule is CC(c1cccnc1N)N1CCOc2nc(Cl)c(F)c3ncnc1c23. The smallest absolute Gasteiger partial charge is 0.228 e. The molecule has 0 saturated carbocycles. The van der Waals surface area contributed by atoms with Crippen LogP contribution in [-0.4, -0.2) is 33.1 Å². The lowest BCUT2D eigenvalue weighted by molar-refractivity contribution is 0.316. The van der Waals surface area contributed by atoms with Crippen LogP contribution in [0.4, 0.5) is 16.0 Å². The van der Waals surface area contributed by atoms with Crippen LogP contribution in [0.1, 0.15) is 18.5 Å². The average Bonchev–Trinajstić information content (AvgIpc) is 2.80. The van der Waals surface area contributed by atoms with Gasteiger partial charge in [0.15, 0.2) is 11.0 Å². The van der Waals surface area contributed by atoms with Gasteiger partial charge < -0.3 is 15.4 Å². The van der Waals surface area contributed by atoms with Crippen molar-refractivity contribution in [3.8, 4) is 5.88 Å². The summed E-state index contributed by atoms with van der Waals surface area (Å²) in [7, 11) is 0. The van der Waals surface area contributed by atoms with Crippen molar-refractivity contribution >= 4 is 34.1 Å². The van der Waals surface area contributed by atoms with E-state index < -0.39 is 5.82 Å². The third-order valence-corrected chi connectivity index (χ3v) is 4.51. The van der Waals surface area contributed by atoms with Crippen molar-refractivity contribution in [3.63, 3.8) is 0 Å². The molecule has 4 heterocycles. The van der Waals surface area contributed by atoms with Gasteiger partial charge in [-0.15, -0.1) is 0 Å². The number of nitrogen functional groups attached to an aromatic ring is 1. The fourth-order valence-corrected chi connectivity index (χ4v) is 3.19. The molecule has 0 amide bonds. The predicted octanol–water partition coefficient (Wildman–Crippen LogP) is 2.75. The van der Waals surface area contributed by atoms with E-state index in [9.17, 15) is 4.39 Å². The minimum atomic E-state index is -0.692. The highest BCUT2D eigenvalue weighted by Gasteiger charge is 2.28. The molecule has 3 aromatic heterocycles. The molecular weight excluding hydrogens is 347 g/mol. The molecule has 0 aliphatic carbocycles. The number of aromatic nitrogens is 4. The van der Waals surface area contributed by atoms with Crippen LogP contribution in [0.25, 0.3) is 10.9 Å². The summed E-state index contributed by atoms with van der Waals surface area (Å²) in [5.74, 6) is 0.497.